The number of aromatic nitrogens is 3. The summed E-state index contributed by atoms with van der Waals surface area (Å²) in [5.74, 6) is -0.596. The smallest absolute Gasteiger partial charge is 0.309 e. The number of rotatable bonds is 5. The molecule has 0 radical (unpaired) electrons. The van der Waals surface area contributed by atoms with Crippen LogP contribution < -0.4 is 10.3 Å². The Kier molecular flexibility index (Phi) is 6.29. The number of pyridine rings is 2. The maximum atomic E-state index is 13.4. The first-order chi connectivity index (χ1) is 16.8. The zero-order valence-electron chi connectivity index (χ0n) is 18.3. The normalized spacial score (nSPS) is 12.2. The molecule has 3 heterocycles. The Labute approximate surface area is 213 Å². The van der Waals surface area contributed by atoms with E-state index in [-0.39, 0.29) is 23.4 Å². The second kappa shape index (κ2) is 9.39. The van der Waals surface area contributed by atoms with E-state index in [1.54, 1.807) is 41.1 Å². The van der Waals surface area contributed by atoms with Crippen molar-refractivity contribution >= 4 is 62.3 Å². The van der Waals surface area contributed by atoms with E-state index in [0.717, 1.165) is 10.9 Å². The molecule has 0 fully saturated rings. The molecule has 176 valence electrons. The van der Waals surface area contributed by atoms with Gasteiger partial charge in [-0.05, 0) is 36.4 Å². The highest BCUT2D eigenvalue weighted by molar-refractivity contribution is 7.89. The Morgan fingerprint density at radius 3 is 2.71 bits per heavy atom. The zero-order valence-corrected chi connectivity index (χ0v) is 20.7. The van der Waals surface area contributed by atoms with E-state index in [0.29, 0.717) is 32.1 Å². The van der Waals surface area contributed by atoms with Gasteiger partial charge in [-0.15, -0.1) is 0 Å². The molecule has 0 spiro atoms. The molecule has 35 heavy (non-hydrogen) atoms. The van der Waals surface area contributed by atoms with Crippen molar-refractivity contribution in [2.75, 3.05) is 6.26 Å². The van der Waals surface area contributed by atoms with Gasteiger partial charge in [-0.25, -0.2) is 0 Å². The van der Waals surface area contributed by atoms with Gasteiger partial charge in [-0.1, -0.05) is 41.4 Å². The number of halogens is 2. The highest BCUT2D eigenvalue weighted by Gasteiger charge is 2.28. The number of carbonyl (C=O) groups is 1. The lowest BCUT2D eigenvalue weighted by Gasteiger charge is -2.14. The third kappa shape index (κ3) is 4.30. The molecule has 5 aromatic rings. The molecule has 0 bridgehead atoms. The van der Waals surface area contributed by atoms with Gasteiger partial charge in [0.1, 0.15) is 11.9 Å². The Morgan fingerprint density at radius 2 is 1.94 bits per heavy atom. The molecule has 1 amide bonds. The average molecular weight is 525 g/mol. The summed E-state index contributed by atoms with van der Waals surface area (Å²) >= 11 is 11.4. The fourth-order valence-corrected chi connectivity index (χ4v) is 5.02. The fraction of sp³-hybridized carbons (Fsp3) is 0.0800. The number of carbonyl (C=O) groups excluding carboxylic acids is 1. The molecule has 0 aliphatic carbocycles. The summed E-state index contributed by atoms with van der Waals surface area (Å²) in [7, 11) is 0. The molecule has 3 aromatic heterocycles. The van der Waals surface area contributed by atoms with Gasteiger partial charge in [0.2, 0.25) is 0 Å². The third-order valence-electron chi connectivity index (χ3n) is 5.67. The van der Waals surface area contributed by atoms with E-state index in [1.165, 1.54) is 12.5 Å². The van der Waals surface area contributed by atoms with Gasteiger partial charge in [0.05, 0.1) is 28.4 Å². The van der Waals surface area contributed by atoms with E-state index < -0.39 is 17.3 Å². The van der Waals surface area contributed by atoms with Gasteiger partial charge in [0.25, 0.3) is 5.56 Å². The number of hydrogen-bond donors (Lipinski definition) is 2. The van der Waals surface area contributed by atoms with Crippen molar-refractivity contribution in [3.8, 4) is 11.1 Å². The molecule has 2 aromatic carbocycles. The van der Waals surface area contributed by atoms with E-state index >= 15 is 0 Å². The first kappa shape index (κ1) is 23.4. The lowest BCUT2D eigenvalue weighted by molar-refractivity contribution is 0.0974. The van der Waals surface area contributed by atoms with E-state index in [4.69, 9.17) is 23.2 Å². The number of hydrogen-bond acceptors (Lipinski definition) is 4. The molecular formula is C25H18Cl2N4O3S. The standard InChI is InChI=1S/C25H18Cl2N4O3S/c1-35(34)30-25(33)23-21(17-6-4-10-28-24(17)32)18-11-15(26)8-9-20(18)31(23)13-14-12-29-19-7-3-2-5-16(19)22(14)27/h2-12H,13H2,1H3,(H,28,32)(H,30,33). The van der Waals surface area contributed by atoms with Crippen molar-refractivity contribution < 1.29 is 9.35 Å². The molecule has 7 nitrogen and oxygen atoms in total. The monoisotopic (exact) mass is 524 g/mol. The summed E-state index contributed by atoms with van der Waals surface area (Å²) in [5, 5.41) is 2.34. The first-order valence-electron chi connectivity index (χ1n) is 10.5. The summed E-state index contributed by atoms with van der Waals surface area (Å²) in [6.45, 7) is 0.179. The van der Waals surface area contributed by atoms with Crippen LogP contribution in [0.15, 0.2) is 71.8 Å². The summed E-state index contributed by atoms with van der Waals surface area (Å²) in [6.07, 6.45) is 4.54. The topological polar surface area (TPSA) is 103 Å². The minimum atomic E-state index is -1.63. The van der Waals surface area contributed by atoms with Crippen molar-refractivity contribution in [1.29, 1.82) is 0 Å². The number of fused-ring (bicyclic) bond motifs is 2. The van der Waals surface area contributed by atoms with Crippen molar-refractivity contribution in [3.05, 3.63) is 98.6 Å². The first-order valence-corrected chi connectivity index (χ1v) is 12.8. The average Bonchev–Trinajstić information content (AvgIpc) is 3.14. The lowest BCUT2D eigenvalue weighted by atomic mass is 10.0. The van der Waals surface area contributed by atoms with Crippen molar-refractivity contribution in [2.45, 2.75) is 6.54 Å². The molecule has 0 saturated carbocycles. The molecule has 1 unspecified atom stereocenters. The van der Waals surface area contributed by atoms with Gasteiger partial charge in [-0.3, -0.25) is 14.6 Å². The van der Waals surface area contributed by atoms with Crippen LogP contribution >= 0.6 is 23.2 Å². The highest BCUT2D eigenvalue weighted by Crippen LogP contribution is 2.37. The second-order valence-electron chi connectivity index (χ2n) is 7.88. The summed E-state index contributed by atoms with van der Waals surface area (Å²) < 4.78 is 16.1. The quantitative estimate of drug-likeness (QED) is 0.318. The van der Waals surface area contributed by atoms with Gasteiger partial charge in [-0.2, -0.15) is 4.72 Å². The highest BCUT2D eigenvalue weighted by atomic mass is 35.5. The summed E-state index contributed by atoms with van der Waals surface area (Å²) in [4.78, 5) is 33.4. The van der Waals surface area contributed by atoms with E-state index in [2.05, 4.69) is 14.7 Å². The van der Waals surface area contributed by atoms with Crippen LogP contribution in [0.4, 0.5) is 0 Å². The Bertz CT molecular complexity index is 1660. The number of nitrogens with zero attached hydrogens (tertiary/aromatic N) is 2. The number of H-pyrrole nitrogens is 1. The van der Waals surface area contributed by atoms with Gasteiger partial charge >= 0.3 is 5.91 Å². The Morgan fingerprint density at radius 1 is 1.14 bits per heavy atom. The van der Waals surface area contributed by atoms with Crippen LogP contribution in [0.3, 0.4) is 0 Å². The molecular weight excluding hydrogens is 507 g/mol. The largest absolute Gasteiger partial charge is 0.593 e. The Balaban J connectivity index is 1.82. The van der Waals surface area contributed by atoms with Gasteiger partial charge in [0, 0.05) is 50.4 Å². The molecule has 0 aliphatic heterocycles. The van der Waals surface area contributed by atoms with Crippen LogP contribution in [0.25, 0.3) is 32.9 Å². The minimum absolute atomic E-state index is 0.165. The second-order valence-corrected chi connectivity index (χ2v) is 9.81. The molecule has 2 N–H and O–H groups in total. The van der Waals surface area contributed by atoms with Crippen molar-refractivity contribution in [3.63, 3.8) is 0 Å². The third-order valence-corrected chi connectivity index (χ3v) is 6.83. The maximum absolute atomic E-state index is 13.4. The molecule has 0 aliphatic rings. The van der Waals surface area contributed by atoms with Crippen LogP contribution in [0.1, 0.15) is 16.1 Å². The summed E-state index contributed by atoms with van der Waals surface area (Å²) in [6, 6.07) is 16.0. The van der Waals surface area contributed by atoms with Crippen LogP contribution in [0, 0.1) is 0 Å². The number of nitrogens with one attached hydrogen (secondary N) is 2. The molecule has 1 atom stereocenters. The summed E-state index contributed by atoms with van der Waals surface area (Å²) in [5.41, 5.74) is 2.55. The number of amides is 1. The SMILES string of the molecule is C[S+]([O-])NC(=O)c1c(-c2ccc[nH]c2=O)c2cc(Cl)ccc2n1Cc1cnc2ccccc2c1Cl. The fourth-order valence-electron chi connectivity index (χ4n) is 4.23. The number of aromatic amines is 1. The van der Waals surface area contributed by atoms with Gasteiger partial charge < -0.3 is 14.1 Å². The molecule has 0 saturated heterocycles. The number of para-hydroxylation sites is 1. The van der Waals surface area contributed by atoms with Crippen LogP contribution in [-0.4, -0.2) is 31.3 Å². The van der Waals surface area contributed by atoms with Gasteiger partial charge in [0.15, 0.2) is 0 Å². The molecule has 5 rings (SSSR count). The minimum Gasteiger partial charge on any atom is -0.593 e. The van der Waals surface area contributed by atoms with Crippen molar-refractivity contribution in [2.24, 2.45) is 0 Å². The van der Waals surface area contributed by atoms with Crippen molar-refractivity contribution in [1.82, 2.24) is 19.3 Å². The molecule has 10 heteroatoms. The number of benzene rings is 2. The van der Waals surface area contributed by atoms with Crippen LogP contribution in [0.2, 0.25) is 10.0 Å². The Hall–Kier alpha value is -3.30. The predicted octanol–water partition coefficient (Wildman–Crippen LogP) is 4.92. The van der Waals surface area contributed by atoms with Crippen LogP contribution in [-0.2, 0) is 17.9 Å². The predicted molar refractivity (Wildman–Crippen MR) is 140 cm³/mol. The zero-order chi connectivity index (χ0) is 24.7. The van der Waals surface area contributed by atoms with Crippen LogP contribution in [0.5, 0.6) is 0 Å². The van der Waals surface area contributed by atoms with E-state index in [9.17, 15) is 14.1 Å². The maximum Gasteiger partial charge on any atom is 0.309 e. The van der Waals surface area contributed by atoms with E-state index in [1.807, 2.05) is 24.3 Å². The lowest BCUT2D eigenvalue weighted by Crippen LogP contribution is -2.32.